The van der Waals surface area contributed by atoms with E-state index in [9.17, 15) is 5.11 Å². The number of hydrogen-bond donors (Lipinski definition) is 2. The Balaban J connectivity index is 1.46. The molecule has 4 nitrogen and oxygen atoms in total. The summed E-state index contributed by atoms with van der Waals surface area (Å²) < 4.78 is 11.2. The Morgan fingerprint density at radius 3 is 2.68 bits per heavy atom. The van der Waals surface area contributed by atoms with Crippen LogP contribution < -0.4 is 10.1 Å². The summed E-state index contributed by atoms with van der Waals surface area (Å²) in [6.07, 6.45) is 1.68. The molecule has 1 fully saturated rings. The number of nitrogens with one attached hydrogen (secondary N) is 1. The highest BCUT2D eigenvalue weighted by Crippen LogP contribution is 2.20. The predicted octanol–water partition coefficient (Wildman–Crippen LogP) is 3.32. The zero-order valence-electron chi connectivity index (χ0n) is 14.6. The van der Waals surface area contributed by atoms with Crippen molar-refractivity contribution in [2.75, 3.05) is 26.3 Å². The lowest BCUT2D eigenvalue weighted by Gasteiger charge is -2.23. The summed E-state index contributed by atoms with van der Waals surface area (Å²) in [5.41, 5.74) is 2.01. The molecule has 0 saturated carbocycles. The summed E-state index contributed by atoms with van der Waals surface area (Å²) in [5, 5.41) is 13.8. The first-order valence-electron chi connectivity index (χ1n) is 9.04. The van der Waals surface area contributed by atoms with Crippen molar-refractivity contribution in [2.45, 2.75) is 25.6 Å². The molecule has 4 heteroatoms. The van der Waals surface area contributed by atoms with Crippen molar-refractivity contribution < 1.29 is 14.6 Å². The lowest BCUT2D eigenvalue weighted by Crippen LogP contribution is -2.30. The molecule has 1 aliphatic rings. The van der Waals surface area contributed by atoms with E-state index in [1.165, 1.54) is 0 Å². The van der Waals surface area contributed by atoms with Crippen LogP contribution in [0.15, 0.2) is 54.6 Å². The minimum atomic E-state index is -0.528. The first-order chi connectivity index (χ1) is 12.3. The van der Waals surface area contributed by atoms with Gasteiger partial charge < -0.3 is 19.9 Å². The van der Waals surface area contributed by atoms with Crippen LogP contribution in [0.25, 0.3) is 0 Å². The number of aliphatic hydroxyl groups is 1. The van der Waals surface area contributed by atoms with Gasteiger partial charge in [-0.2, -0.15) is 0 Å². The normalized spacial score (nSPS) is 16.5. The number of benzene rings is 2. The van der Waals surface area contributed by atoms with Crippen molar-refractivity contribution in [1.29, 1.82) is 0 Å². The molecule has 0 amide bonds. The van der Waals surface area contributed by atoms with Crippen molar-refractivity contribution >= 4 is 0 Å². The predicted molar refractivity (Wildman–Crippen MR) is 98.6 cm³/mol. The van der Waals surface area contributed by atoms with Crippen molar-refractivity contribution in [3.63, 3.8) is 0 Å². The highest BCUT2D eigenvalue weighted by Gasteiger charge is 2.14. The topological polar surface area (TPSA) is 50.7 Å². The fourth-order valence-corrected chi connectivity index (χ4v) is 3.05. The van der Waals surface area contributed by atoms with Gasteiger partial charge in [-0.15, -0.1) is 0 Å². The van der Waals surface area contributed by atoms with Crippen LogP contribution in [0, 0.1) is 5.92 Å². The minimum absolute atomic E-state index is 0.528. The second-order valence-corrected chi connectivity index (χ2v) is 6.58. The fraction of sp³-hybridized carbons (Fsp3) is 0.429. The Labute approximate surface area is 149 Å². The molecule has 0 bridgehead atoms. The van der Waals surface area contributed by atoms with Gasteiger partial charge in [0.15, 0.2) is 0 Å². The van der Waals surface area contributed by atoms with Gasteiger partial charge in [0.1, 0.15) is 12.4 Å². The first kappa shape index (κ1) is 17.9. The molecule has 1 heterocycles. The number of hydrogen-bond acceptors (Lipinski definition) is 4. The van der Waals surface area contributed by atoms with Gasteiger partial charge in [0, 0.05) is 19.8 Å². The minimum Gasteiger partial charge on any atom is -0.489 e. The van der Waals surface area contributed by atoms with E-state index in [2.05, 4.69) is 5.32 Å². The van der Waals surface area contributed by atoms with E-state index in [0.717, 1.165) is 49.5 Å². The molecule has 0 aliphatic carbocycles. The molecule has 25 heavy (non-hydrogen) atoms. The molecule has 0 spiro atoms. The van der Waals surface area contributed by atoms with Crippen LogP contribution in [0.2, 0.25) is 0 Å². The second-order valence-electron chi connectivity index (χ2n) is 6.58. The van der Waals surface area contributed by atoms with Crippen molar-refractivity contribution in [3.05, 3.63) is 65.7 Å². The average Bonchev–Trinajstić information content (AvgIpc) is 2.68. The lowest BCUT2D eigenvalue weighted by molar-refractivity contribution is 0.0649. The van der Waals surface area contributed by atoms with Crippen LogP contribution in [0.5, 0.6) is 5.75 Å². The van der Waals surface area contributed by atoms with E-state index in [1.807, 2.05) is 54.6 Å². The van der Waals surface area contributed by atoms with Gasteiger partial charge >= 0.3 is 0 Å². The Kier molecular flexibility index (Phi) is 6.86. The molecule has 3 rings (SSSR count). The monoisotopic (exact) mass is 341 g/mol. The van der Waals surface area contributed by atoms with Crippen molar-refractivity contribution in [3.8, 4) is 5.75 Å². The molecule has 2 N–H and O–H groups in total. The Bertz CT molecular complexity index is 626. The molecule has 1 saturated heterocycles. The summed E-state index contributed by atoms with van der Waals surface area (Å²) in [6.45, 7) is 3.73. The lowest BCUT2D eigenvalue weighted by atomic mass is 10.0. The Morgan fingerprint density at radius 2 is 1.88 bits per heavy atom. The molecule has 0 aromatic heterocycles. The smallest absolute Gasteiger partial charge is 0.120 e. The summed E-state index contributed by atoms with van der Waals surface area (Å²) in [5.74, 6) is 1.44. The first-order valence-corrected chi connectivity index (χ1v) is 9.04. The molecule has 134 valence electrons. The second kappa shape index (κ2) is 9.56. The average molecular weight is 341 g/mol. The Morgan fingerprint density at radius 1 is 1.08 bits per heavy atom. The third kappa shape index (κ3) is 5.85. The molecular formula is C21H27NO3. The molecule has 2 aromatic rings. The third-order valence-electron chi connectivity index (χ3n) is 4.60. The molecule has 2 aromatic carbocycles. The zero-order valence-corrected chi connectivity index (χ0v) is 14.6. The molecule has 1 aliphatic heterocycles. The molecule has 1 atom stereocenters. The highest BCUT2D eigenvalue weighted by molar-refractivity contribution is 5.30. The van der Waals surface area contributed by atoms with Crippen molar-refractivity contribution in [2.24, 2.45) is 5.92 Å². The van der Waals surface area contributed by atoms with Gasteiger partial charge in [0.25, 0.3) is 0 Å². The number of aliphatic hydroxyl groups excluding tert-OH is 1. The summed E-state index contributed by atoms with van der Waals surface area (Å²) in [4.78, 5) is 0. The van der Waals surface area contributed by atoms with Crippen LogP contribution in [-0.2, 0) is 11.3 Å². The quantitative estimate of drug-likeness (QED) is 0.773. The van der Waals surface area contributed by atoms with E-state index in [0.29, 0.717) is 19.1 Å². The SMILES string of the molecule is OC(CNCC1CCOCC1)c1cccc(OCc2ccccc2)c1. The van der Waals surface area contributed by atoms with Gasteiger partial charge in [0.2, 0.25) is 0 Å². The van der Waals surface area contributed by atoms with Gasteiger partial charge in [-0.25, -0.2) is 0 Å². The van der Waals surface area contributed by atoms with E-state index in [4.69, 9.17) is 9.47 Å². The zero-order chi connectivity index (χ0) is 17.3. The Hall–Kier alpha value is -1.88. The maximum Gasteiger partial charge on any atom is 0.120 e. The van der Waals surface area contributed by atoms with Crippen LogP contribution in [0.1, 0.15) is 30.1 Å². The molecular weight excluding hydrogens is 314 g/mol. The van der Waals surface area contributed by atoms with E-state index in [1.54, 1.807) is 0 Å². The van der Waals surface area contributed by atoms with Crippen LogP contribution in [0.4, 0.5) is 0 Å². The molecule has 0 radical (unpaired) electrons. The standard InChI is InChI=1S/C21H27NO3/c23-21(15-22-14-17-9-11-24-12-10-17)19-7-4-8-20(13-19)25-16-18-5-2-1-3-6-18/h1-8,13,17,21-23H,9-12,14-16H2. The van der Waals surface area contributed by atoms with E-state index in [-0.39, 0.29) is 0 Å². The van der Waals surface area contributed by atoms with Crippen LogP contribution in [0.3, 0.4) is 0 Å². The van der Waals surface area contributed by atoms with Gasteiger partial charge in [0.05, 0.1) is 6.10 Å². The van der Waals surface area contributed by atoms with E-state index < -0.39 is 6.10 Å². The highest BCUT2D eigenvalue weighted by atomic mass is 16.5. The van der Waals surface area contributed by atoms with Crippen LogP contribution in [-0.4, -0.2) is 31.4 Å². The number of ether oxygens (including phenoxy) is 2. The van der Waals surface area contributed by atoms with Gasteiger partial charge in [-0.3, -0.25) is 0 Å². The maximum absolute atomic E-state index is 10.4. The van der Waals surface area contributed by atoms with Gasteiger partial charge in [-0.05, 0) is 48.6 Å². The maximum atomic E-state index is 10.4. The summed E-state index contributed by atoms with van der Waals surface area (Å²) >= 11 is 0. The summed E-state index contributed by atoms with van der Waals surface area (Å²) in [7, 11) is 0. The molecule has 1 unspecified atom stereocenters. The van der Waals surface area contributed by atoms with E-state index >= 15 is 0 Å². The third-order valence-corrected chi connectivity index (χ3v) is 4.60. The largest absolute Gasteiger partial charge is 0.489 e. The van der Waals surface area contributed by atoms with Crippen LogP contribution >= 0.6 is 0 Å². The van der Waals surface area contributed by atoms with Crippen molar-refractivity contribution in [1.82, 2.24) is 5.32 Å². The summed E-state index contributed by atoms with van der Waals surface area (Å²) in [6, 6.07) is 17.8. The number of rotatable bonds is 8. The fourth-order valence-electron chi connectivity index (χ4n) is 3.05. The van der Waals surface area contributed by atoms with Gasteiger partial charge in [-0.1, -0.05) is 42.5 Å².